The number of amides is 1. The minimum absolute atomic E-state index is 0.0409. The van der Waals surface area contributed by atoms with Crippen molar-refractivity contribution < 1.29 is 4.79 Å². The molecule has 2 aromatic heterocycles. The number of aryl methyl sites for hydroxylation is 1. The Labute approximate surface area is 126 Å². The van der Waals surface area contributed by atoms with E-state index in [2.05, 4.69) is 25.5 Å². The van der Waals surface area contributed by atoms with E-state index in [9.17, 15) is 4.79 Å². The van der Waals surface area contributed by atoms with Crippen LogP contribution in [0, 0.1) is 6.92 Å². The van der Waals surface area contributed by atoms with Crippen LogP contribution in [0.25, 0.3) is 0 Å². The Bertz CT molecular complexity index is 644. The number of hydrogen-bond donors (Lipinski definition) is 1. The van der Waals surface area contributed by atoms with E-state index in [1.165, 1.54) is 11.3 Å². The average Bonchev–Trinajstić information content (AvgIpc) is 3.08. The highest BCUT2D eigenvalue weighted by Gasteiger charge is 2.29. The molecule has 8 heteroatoms. The minimum atomic E-state index is 0.0409. The smallest absolute Gasteiger partial charge is 0.220 e. The average molecular weight is 304 g/mol. The summed E-state index contributed by atoms with van der Waals surface area (Å²) in [7, 11) is 0. The standard InChI is InChI=1S/C13H16N6OS/c1-8-15-10(11-4-3-5-19(11)9(2)20)6-12(16-8)17-13-18-14-7-21-13/h6-7,11H,3-5H2,1-2H3,(H,15,16,17,18). The zero-order valence-corrected chi connectivity index (χ0v) is 12.7. The predicted molar refractivity (Wildman–Crippen MR) is 79.3 cm³/mol. The maximum atomic E-state index is 11.7. The van der Waals surface area contributed by atoms with E-state index in [4.69, 9.17) is 0 Å². The zero-order chi connectivity index (χ0) is 14.8. The Hall–Kier alpha value is -2.09. The molecule has 0 spiro atoms. The van der Waals surface area contributed by atoms with Gasteiger partial charge in [0.2, 0.25) is 11.0 Å². The lowest BCUT2D eigenvalue weighted by molar-refractivity contribution is -0.129. The number of rotatable bonds is 3. The van der Waals surface area contributed by atoms with Crippen LogP contribution in [0.2, 0.25) is 0 Å². The van der Waals surface area contributed by atoms with Crippen molar-refractivity contribution in [3.8, 4) is 0 Å². The van der Waals surface area contributed by atoms with Gasteiger partial charge in [0.05, 0.1) is 11.7 Å². The molecule has 110 valence electrons. The van der Waals surface area contributed by atoms with Gasteiger partial charge in [0.1, 0.15) is 17.2 Å². The number of anilines is 2. The molecule has 1 N–H and O–H groups in total. The lowest BCUT2D eigenvalue weighted by atomic mass is 10.1. The summed E-state index contributed by atoms with van der Waals surface area (Å²) >= 11 is 1.41. The molecular weight excluding hydrogens is 288 g/mol. The molecule has 1 atom stereocenters. The molecule has 0 aromatic carbocycles. The number of hydrogen-bond acceptors (Lipinski definition) is 7. The second-order valence-corrected chi connectivity index (χ2v) is 5.80. The molecule has 21 heavy (non-hydrogen) atoms. The lowest BCUT2D eigenvalue weighted by Gasteiger charge is -2.23. The van der Waals surface area contributed by atoms with Crippen molar-refractivity contribution in [3.63, 3.8) is 0 Å². The summed E-state index contributed by atoms with van der Waals surface area (Å²) in [5.41, 5.74) is 2.54. The minimum Gasteiger partial charge on any atom is -0.334 e. The van der Waals surface area contributed by atoms with E-state index in [1.54, 1.807) is 12.4 Å². The van der Waals surface area contributed by atoms with E-state index < -0.39 is 0 Å². The van der Waals surface area contributed by atoms with Gasteiger partial charge < -0.3 is 10.2 Å². The van der Waals surface area contributed by atoms with E-state index in [-0.39, 0.29) is 11.9 Å². The molecule has 7 nitrogen and oxygen atoms in total. The SMILES string of the molecule is CC(=O)N1CCCC1c1cc(Nc2nncs2)nc(C)n1. The quantitative estimate of drug-likeness (QED) is 0.934. The van der Waals surface area contributed by atoms with Crippen LogP contribution in [-0.2, 0) is 4.79 Å². The Balaban J connectivity index is 1.88. The maximum Gasteiger partial charge on any atom is 0.220 e. The van der Waals surface area contributed by atoms with Gasteiger partial charge in [0.15, 0.2) is 0 Å². The van der Waals surface area contributed by atoms with Gasteiger partial charge in [-0.15, -0.1) is 10.2 Å². The molecule has 0 bridgehead atoms. The van der Waals surface area contributed by atoms with Crippen LogP contribution in [-0.4, -0.2) is 37.5 Å². The van der Waals surface area contributed by atoms with E-state index >= 15 is 0 Å². The highest BCUT2D eigenvalue weighted by Crippen LogP contribution is 2.32. The van der Waals surface area contributed by atoms with Crippen LogP contribution >= 0.6 is 11.3 Å². The van der Waals surface area contributed by atoms with Gasteiger partial charge in [-0.05, 0) is 19.8 Å². The normalized spacial score (nSPS) is 18.0. The predicted octanol–water partition coefficient (Wildman–Crippen LogP) is 2.06. The van der Waals surface area contributed by atoms with E-state index in [0.29, 0.717) is 16.8 Å². The van der Waals surface area contributed by atoms with Crippen LogP contribution in [0.15, 0.2) is 11.6 Å². The number of likely N-dealkylation sites (tertiary alicyclic amines) is 1. The van der Waals surface area contributed by atoms with E-state index in [0.717, 1.165) is 25.1 Å². The fourth-order valence-corrected chi connectivity index (χ4v) is 3.07. The van der Waals surface area contributed by atoms with Gasteiger partial charge in [0.25, 0.3) is 0 Å². The van der Waals surface area contributed by atoms with Crippen molar-refractivity contribution in [1.29, 1.82) is 0 Å². The van der Waals surface area contributed by atoms with Crippen LogP contribution in [0.5, 0.6) is 0 Å². The number of carbonyl (C=O) groups is 1. The summed E-state index contributed by atoms with van der Waals surface area (Å²) in [6.07, 6.45) is 1.95. The first-order chi connectivity index (χ1) is 10.1. The van der Waals surface area contributed by atoms with Crippen molar-refractivity contribution in [2.45, 2.75) is 32.7 Å². The molecule has 0 aliphatic carbocycles. The second kappa shape index (κ2) is 5.72. The topological polar surface area (TPSA) is 83.9 Å². The van der Waals surface area contributed by atoms with Crippen molar-refractivity contribution >= 4 is 28.2 Å². The van der Waals surface area contributed by atoms with Gasteiger partial charge >= 0.3 is 0 Å². The molecule has 1 fully saturated rings. The maximum absolute atomic E-state index is 11.7. The summed E-state index contributed by atoms with van der Waals surface area (Å²) in [4.78, 5) is 22.4. The molecule has 0 radical (unpaired) electrons. The number of aromatic nitrogens is 4. The molecule has 1 saturated heterocycles. The summed E-state index contributed by atoms with van der Waals surface area (Å²) in [6.45, 7) is 4.25. The van der Waals surface area contributed by atoms with Gasteiger partial charge in [-0.2, -0.15) is 0 Å². The molecule has 1 aliphatic rings. The number of carbonyl (C=O) groups excluding carboxylic acids is 1. The highest BCUT2D eigenvalue weighted by molar-refractivity contribution is 7.13. The Kier molecular flexibility index (Phi) is 3.78. The van der Waals surface area contributed by atoms with Gasteiger partial charge in [0, 0.05) is 19.5 Å². The van der Waals surface area contributed by atoms with Crippen molar-refractivity contribution in [2.75, 3.05) is 11.9 Å². The molecule has 3 rings (SSSR count). The Morgan fingerprint density at radius 3 is 3.05 bits per heavy atom. The first kappa shape index (κ1) is 13.9. The van der Waals surface area contributed by atoms with Gasteiger partial charge in [-0.1, -0.05) is 11.3 Å². The second-order valence-electron chi connectivity index (χ2n) is 4.96. The van der Waals surface area contributed by atoms with Crippen molar-refractivity contribution in [3.05, 3.63) is 23.1 Å². The number of nitrogens with one attached hydrogen (secondary N) is 1. The van der Waals surface area contributed by atoms with Gasteiger partial charge in [-0.25, -0.2) is 9.97 Å². The van der Waals surface area contributed by atoms with Crippen LogP contribution < -0.4 is 5.32 Å². The fraction of sp³-hybridized carbons (Fsp3) is 0.462. The third-order valence-corrected chi connectivity index (χ3v) is 4.06. The summed E-state index contributed by atoms with van der Waals surface area (Å²) in [5.74, 6) is 1.45. The number of nitrogens with zero attached hydrogens (tertiary/aromatic N) is 5. The Morgan fingerprint density at radius 2 is 2.33 bits per heavy atom. The summed E-state index contributed by atoms with van der Waals surface area (Å²) < 4.78 is 0. The fourth-order valence-electron chi connectivity index (χ4n) is 2.61. The van der Waals surface area contributed by atoms with Crippen molar-refractivity contribution in [2.24, 2.45) is 0 Å². The first-order valence-electron chi connectivity index (χ1n) is 6.79. The Morgan fingerprint density at radius 1 is 1.48 bits per heavy atom. The van der Waals surface area contributed by atoms with Crippen LogP contribution in [0.4, 0.5) is 10.9 Å². The first-order valence-corrected chi connectivity index (χ1v) is 7.67. The largest absolute Gasteiger partial charge is 0.334 e. The zero-order valence-electron chi connectivity index (χ0n) is 11.9. The monoisotopic (exact) mass is 304 g/mol. The molecule has 1 aliphatic heterocycles. The highest BCUT2D eigenvalue weighted by atomic mass is 32.1. The van der Waals surface area contributed by atoms with Gasteiger partial charge in [-0.3, -0.25) is 4.79 Å². The molecule has 3 heterocycles. The van der Waals surface area contributed by atoms with Crippen LogP contribution in [0.1, 0.15) is 37.3 Å². The lowest BCUT2D eigenvalue weighted by Crippen LogP contribution is -2.28. The third-order valence-electron chi connectivity index (χ3n) is 3.45. The summed E-state index contributed by atoms with van der Waals surface area (Å²) in [5, 5.41) is 11.5. The molecule has 1 amide bonds. The molecule has 1 unspecified atom stereocenters. The molecular formula is C13H16N6OS. The molecule has 0 saturated carbocycles. The van der Waals surface area contributed by atoms with Crippen molar-refractivity contribution in [1.82, 2.24) is 25.1 Å². The third kappa shape index (κ3) is 2.99. The summed E-state index contributed by atoms with van der Waals surface area (Å²) in [6, 6.07) is 1.93. The van der Waals surface area contributed by atoms with Crippen LogP contribution in [0.3, 0.4) is 0 Å². The molecule has 2 aromatic rings. The van der Waals surface area contributed by atoms with E-state index in [1.807, 2.05) is 17.9 Å².